The summed E-state index contributed by atoms with van der Waals surface area (Å²) in [7, 11) is 0. The highest BCUT2D eigenvalue weighted by Gasteiger charge is 2.30. The predicted molar refractivity (Wildman–Crippen MR) is 189 cm³/mol. The number of halogens is 7. The molecule has 2 aromatic heterocycles. The number of hydrogen-bond donors (Lipinski definition) is 0. The first-order chi connectivity index (χ1) is 24.4. The fourth-order valence-electron chi connectivity index (χ4n) is 5.53. The van der Waals surface area contributed by atoms with Gasteiger partial charge >= 0.3 is 6.18 Å². The lowest BCUT2D eigenvalue weighted by Crippen LogP contribution is -2.36. The quantitative estimate of drug-likeness (QED) is 0.0977. The maximum atomic E-state index is 14.5. The van der Waals surface area contributed by atoms with E-state index < -0.39 is 23.4 Å². The number of pyridine rings is 1. The van der Waals surface area contributed by atoms with Crippen molar-refractivity contribution in [3.05, 3.63) is 152 Å². The monoisotopic (exact) mass is 756 g/mol. The highest BCUT2D eigenvalue weighted by atomic mass is 35.5. The Morgan fingerprint density at radius 3 is 2.24 bits per heavy atom. The first kappa shape index (κ1) is 36.2. The van der Waals surface area contributed by atoms with Crippen LogP contribution in [-0.2, 0) is 36.4 Å². The van der Waals surface area contributed by atoms with Gasteiger partial charge in [0.05, 0.1) is 22.4 Å². The van der Waals surface area contributed by atoms with E-state index in [0.717, 1.165) is 35.5 Å². The first-order valence-corrected chi connectivity index (χ1v) is 17.2. The van der Waals surface area contributed by atoms with Gasteiger partial charge in [-0.1, -0.05) is 83.9 Å². The van der Waals surface area contributed by atoms with E-state index in [1.807, 2.05) is 0 Å². The number of alkyl halides is 3. The second-order valence-electron chi connectivity index (χ2n) is 11.6. The van der Waals surface area contributed by atoms with Gasteiger partial charge in [0, 0.05) is 42.4 Å². The zero-order valence-electron chi connectivity index (χ0n) is 26.5. The second-order valence-corrected chi connectivity index (χ2v) is 13.3. The van der Waals surface area contributed by atoms with Crippen molar-refractivity contribution < 1.29 is 26.7 Å². The Kier molecular flexibility index (Phi) is 10.8. The molecule has 14 heteroatoms. The second kappa shape index (κ2) is 15.3. The average Bonchev–Trinajstić information content (AvgIpc) is 3.44. The van der Waals surface area contributed by atoms with Crippen molar-refractivity contribution in [3.8, 4) is 11.1 Å². The molecule has 4 aromatic carbocycles. The van der Waals surface area contributed by atoms with Gasteiger partial charge in [-0.05, 0) is 47.0 Å². The van der Waals surface area contributed by atoms with E-state index in [4.69, 9.17) is 23.2 Å². The molecule has 0 N–H and O–H groups in total. The van der Waals surface area contributed by atoms with Gasteiger partial charge in [-0.25, -0.2) is 13.8 Å². The molecule has 0 radical (unpaired) electrons. The number of para-hydroxylation sites is 1. The lowest BCUT2D eigenvalue weighted by atomic mass is 10.0. The summed E-state index contributed by atoms with van der Waals surface area (Å²) < 4.78 is 70.9. The Morgan fingerprint density at radius 1 is 0.882 bits per heavy atom. The van der Waals surface area contributed by atoms with Crippen LogP contribution in [0.2, 0.25) is 10.3 Å². The molecule has 2 heterocycles. The van der Waals surface area contributed by atoms with Crippen LogP contribution in [0.4, 0.5) is 22.0 Å². The minimum Gasteiger partial charge on any atom is -0.335 e. The minimum absolute atomic E-state index is 0.00441. The molecule has 0 atom stereocenters. The fraction of sp³-hybridized carbons (Fsp3) is 0.162. The number of thioether (sulfide) groups is 1. The van der Waals surface area contributed by atoms with Gasteiger partial charge in [0.1, 0.15) is 11.7 Å². The number of hydrogen-bond acceptors (Lipinski definition) is 4. The zero-order valence-corrected chi connectivity index (χ0v) is 28.8. The van der Waals surface area contributed by atoms with Gasteiger partial charge in [0.2, 0.25) is 5.91 Å². The third-order valence-corrected chi connectivity index (χ3v) is 10.1. The Labute approximate surface area is 303 Å². The standard InChI is InChI=1S/C37H27Cl2F5N4O2S/c38-35-36(39)47(22-45-35)17-16-46(19-23-8-10-24(11-9-23)25-12-14-27(15-13-25)37(42,43)44)32(50)20-48-30-7-2-1-5-28(30)31(49)18-33(48)51-21-26-4-3-6-29(40)34(26)41/h1-15,18,22H,16-17,19-21H2. The van der Waals surface area contributed by atoms with E-state index in [1.165, 1.54) is 36.7 Å². The zero-order chi connectivity index (χ0) is 36.3. The van der Waals surface area contributed by atoms with E-state index >= 15 is 0 Å². The van der Waals surface area contributed by atoms with Crippen LogP contribution in [0, 0.1) is 11.6 Å². The van der Waals surface area contributed by atoms with Gasteiger partial charge in [-0.2, -0.15) is 13.2 Å². The van der Waals surface area contributed by atoms with Gasteiger partial charge in [-0.3, -0.25) is 9.59 Å². The molecule has 0 aliphatic rings. The van der Waals surface area contributed by atoms with Crippen molar-refractivity contribution in [3.63, 3.8) is 0 Å². The van der Waals surface area contributed by atoms with E-state index in [-0.39, 0.29) is 59.1 Å². The van der Waals surface area contributed by atoms with Crippen LogP contribution >= 0.6 is 35.0 Å². The van der Waals surface area contributed by atoms with Crippen LogP contribution in [0.25, 0.3) is 22.0 Å². The van der Waals surface area contributed by atoms with E-state index in [1.54, 1.807) is 62.6 Å². The number of rotatable bonds is 11. The Morgan fingerprint density at radius 2 is 1.57 bits per heavy atom. The average molecular weight is 758 g/mol. The van der Waals surface area contributed by atoms with Gasteiger partial charge in [0.25, 0.3) is 0 Å². The molecule has 0 aliphatic carbocycles. The summed E-state index contributed by atoms with van der Waals surface area (Å²) in [4.78, 5) is 32.9. The Hall–Kier alpha value is -4.65. The van der Waals surface area contributed by atoms with Crippen molar-refractivity contribution >= 4 is 51.8 Å². The van der Waals surface area contributed by atoms with E-state index in [0.29, 0.717) is 27.1 Å². The number of benzene rings is 4. The van der Waals surface area contributed by atoms with Gasteiger partial charge < -0.3 is 14.0 Å². The smallest absolute Gasteiger partial charge is 0.335 e. The number of fused-ring (bicyclic) bond motifs is 1. The molecule has 0 aliphatic heterocycles. The molecular formula is C37H27Cl2F5N4O2S. The van der Waals surface area contributed by atoms with Crippen LogP contribution in [0.5, 0.6) is 0 Å². The number of amides is 1. The summed E-state index contributed by atoms with van der Waals surface area (Å²) in [6, 6.07) is 24.1. The molecule has 6 rings (SSSR count). The first-order valence-electron chi connectivity index (χ1n) is 15.5. The number of carbonyl (C=O) groups excluding carboxylic acids is 1. The summed E-state index contributed by atoms with van der Waals surface area (Å²) in [6.07, 6.45) is -2.98. The summed E-state index contributed by atoms with van der Waals surface area (Å²) in [5.74, 6) is -2.28. The molecule has 6 aromatic rings. The lowest BCUT2D eigenvalue weighted by Gasteiger charge is -2.25. The van der Waals surface area contributed by atoms with Gasteiger partial charge in [0.15, 0.2) is 22.2 Å². The third kappa shape index (κ3) is 8.30. The molecule has 0 saturated carbocycles. The van der Waals surface area contributed by atoms with E-state index in [9.17, 15) is 31.5 Å². The number of carbonyl (C=O) groups is 1. The van der Waals surface area contributed by atoms with Crippen molar-refractivity contribution in [2.45, 2.75) is 36.6 Å². The van der Waals surface area contributed by atoms with Crippen LogP contribution in [-0.4, -0.2) is 31.5 Å². The molecule has 0 bridgehead atoms. The fourth-order valence-corrected chi connectivity index (χ4v) is 6.89. The largest absolute Gasteiger partial charge is 0.416 e. The van der Waals surface area contributed by atoms with E-state index in [2.05, 4.69) is 4.98 Å². The molecule has 0 saturated heterocycles. The van der Waals surface area contributed by atoms with Crippen molar-refractivity contribution in [2.24, 2.45) is 0 Å². The van der Waals surface area contributed by atoms with Crippen LogP contribution in [0.3, 0.4) is 0 Å². The molecule has 0 unspecified atom stereocenters. The van der Waals surface area contributed by atoms with Crippen molar-refractivity contribution in [1.29, 1.82) is 0 Å². The molecule has 51 heavy (non-hydrogen) atoms. The van der Waals surface area contributed by atoms with Crippen LogP contribution < -0.4 is 5.43 Å². The molecule has 0 spiro atoms. The third-order valence-electron chi connectivity index (χ3n) is 8.25. The summed E-state index contributed by atoms with van der Waals surface area (Å²) >= 11 is 13.4. The number of nitrogens with zero attached hydrogens (tertiary/aromatic N) is 4. The predicted octanol–water partition coefficient (Wildman–Crippen LogP) is 9.49. The lowest BCUT2D eigenvalue weighted by molar-refractivity contribution is -0.137. The summed E-state index contributed by atoms with van der Waals surface area (Å²) in [5, 5.41) is 1.10. The summed E-state index contributed by atoms with van der Waals surface area (Å²) in [6.45, 7) is 0.387. The minimum atomic E-state index is -4.44. The molecular weight excluding hydrogens is 730 g/mol. The highest BCUT2D eigenvalue weighted by molar-refractivity contribution is 7.98. The highest BCUT2D eigenvalue weighted by Crippen LogP contribution is 2.32. The summed E-state index contributed by atoms with van der Waals surface area (Å²) in [5.41, 5.74) is 1.61. The van der Waals surface area contributed by atoms with Crippen molar-refractivity contribution in [1.82, 2.24) is 19.0 Å². The van der Waals surface area contributed by atoms with Gasteiger partial charge in [-0.15, -0.1) is 11.8 Å². The normalized spacial score (nSPS) is 11.7. The van der Waals surface area contributed by atoms with Crippen LogP contribution in [0.1, 0.15) is 16.7 Å². The number of imidazole rings is 1. The molecule has 1 amide bonds. The molecule has 0 fully saturated rings. The Bertz CT molecular complexity index is 2260. The van der Waals surface area contributed by atoms with Crippen LogP contribution in [0.15, 0.2) is 113 Å². The maximum absolute atomic E-state index is 14.5. The molecule has 6 nitrogen and oxygen atoms in total. The Balaban J connectivity index is 1.29. The topological polar surface area (TPSA) is 60.1 Å². The number of aromatic nitrogens is 3. The van der Waals surface area contributed by atoms with Crippen molar-refractivity contribution in [2.75, 3.05) is 6.54 Å². The SMILES string of the molecule is O=C(Cn1c(SCc2cccc(F)c2F)cc(=O)c2ccccc21)N(CCn1cnc(Cl)c1Cl)Cc1ccc(-c2ccc(C(F)(F)F)cc2)cc1. The maximum Gasteiger partial charge on any atom is 0.416 e. The molecule has 262 valence electrons.